The van der Waals surface area contributed by atoms with E-state index in [1.807, 2.05) is 32.2 Å². The first-order valence-electron chi connectivity index (χ1n) is 5.21. The van der Waals surface area contributed by atoms with Crippen molar-refractivity contribution in [3.05, 3.63) is 28.8 Å². The average Bonchev–Trinajstić information content (AvgIpc) is 2.16. The van der Waals surface area contributed by atoms with E-state index in [0.29, 0.717) is 6.04 Å². The van der Waals surface area contributed by atoms with Gasteiger partial charge in [0.2, 0.25) is 0 Å². The fourth-order valence-electron chi connectivity index (χ4n) is 1.37. The molecule has 0 aliphatic heterocycles. The molecule has 0 unspecified atom stereocenters. The van der Waals surface area contributed by atoms with Crippen LogP contribution in [0.25, 0.3) is 0 Å². The Morgan fingerprint density at radius 3 is 2.27 bits per heavy atom. The van der Waals surface area contributed by atoms with Gasteiger partial charge in [0, 0.05) is 19.1 Å². The molecule has 0 heterocycles. The summed E-state index contributed by atoms with van der Waals surface area (Å²) in [5.74, 6) is 0. The molecule has 0 saturated heterocycles. The van der Waals surface area contributed by atoms with Gasteiger partial charge in [0.1, 0.15) is 0 Å². The average molecular weight is 227 g/mol. The van der Waals surface area contributed by atoms with E-state index in [9.17, 15) is 0 Å². The van der Waals surface area contributed by atoms with E-state index >= 15 is 0 Å². The van der Waals surface area contributed by atoms with E-state index in [1.165, 1.54) is 0 Å². The fourth-order valence-corrected chi connectivity index (χ4v) is 1.69. The van der Waals surface area contributed by atoms with Crippen LogP contribution in [0.15, 0.2) is 18.2 Å². The Bertz CT molecular complexity index is 334. The minimum atomic E-state index is 0.0286. The van der Waals surface area contributed by atoms with E-state index in [2.05, 4.69) is 18.7 Å². The van der Waals surface area contributed by atoms with Gasteiger partial charge in [-0.05, 0) is 38.5 Å². The van der Waals surface area contributed by atoms with Crippen LogP contribution in [0.4, 0.5) is 5.69 Å². The summed E-state index contributed by atoms with van der Waals surface area (Å²) < 4.78 is 0. The zero-order valence-corrected chi connectivity index (χ0v) is 10.5. The first kappa shape index (κ1) is 12.3. The predicted octanol–water partition coefficient (Wildman–Crippen LogP) is 3.20. The van der Waals surface area contributed by atoms with Crippen LogP contribution in [-0.2, 0) is 0 Å². The maximum Gasteiger partial charge on any atom is 0.0642 e. The normalized spacial score (nSPS) is 13.0. The monoisotopic (exact) mass is 226 g/mol. The number of anilines is 1. The van der Waals surface area contributed by atoms with Crippen LogP contribution < -0.4 is 10.6 Å². The molecule has 1 aromatic carbocycles. The molecule has 1 aromatic rings. The van der Waals surface area contributed by atoms with Crippen molar-refractivity contribution in [2.45, 2.75) is 32.9 Å². The van der Waals surface area contributed by atoms with Crippen molar-refractivity contribution in [3.8, 4) is 0 Å². The van der Waals surface area contributed by atoms with E-state index in [1.54, 1.807) is 0 Å². The Kier molecular flexibility index (Phi) is 4.00. The molecule has 2 nitrogen and oxygen atoms in total. The summed E-state index contributed by atoms with van der Waals surface area (Å²) in [4.78, 5) is 2.15. The molecule has 0 amide bonds. The largest absolute Gasteiger partial charge is 0.371 e. The van der Waals surface area contributed by atoms with Gasteiger partial charge in [-0.1, -0.05) is 17.7 Å². The van der Waals surface area contributed by atoms with Gasteiger partial charge in [0.05, 0.1) is 10.7 Å². The van der Waals surface area contributed by atoms with Crippen molar-refractivity contribution >= 4 is 17.3 Å². The molecule has 2 N–H and O–H groups in total. The number of nitrogens with zero attached hydrogens (tertiary/aromatic N) is 1. The number of rotatable bonds is 3. The Balaban J connectivity index is 3.03. The quantitative estimate of drug-likeness (QED) is 0.858. The predicted molar refractivity (Wildman–Crippen MR) is 67.6 cm³/mol. The van der Waals surface area contributed by atoms with Crippen molar-refractivity contribution in [2.24, 2.45) is 5.73 Å². The number of hydrogen-bond acceptors (Lipinski definition) is 2. The van der Waals surface area contributed by atoms with E-state index < -0.39 is 0 Å². The molecule has 1 rings (SSSR count). The van der Waals surface area contributed by atoms with Crippen LogP contribution in [0.1, 0.15) is 32.4 Å². The Hall–Kier alpha value is -0.730. The third-order valence-electron chi connectivity index (χ3n) is 2.65. The highest BCUT2D eigenvalue weighted by Crippen LogP contribution is 2.28. The number of nitrogens with two attached hydrogens (primary N) is 1. The van der Waals surface area contributed by atoms with Crippen molar-refractivity contribution in [1.82, 2.24) is 0 Å². The van der Waals surface area contributed by atoms with Gasteiger partial charge in [0.15, 0.2) is 0 Å². The molecule has 15 heavy (non-hydrogen) atoms. The second-order valence-electron chi connectivity index (χ2n) is 4.20. The lowest BCUT2D eigenvalue weighted by Gasteiger charge is -2.25. The third kappa shape index (κ3) is 2.86. The van der Waals surface area contributed by atoms with E-state index in [0.717, 1.165) is 16.3 Å². The minimum absolute atomic E-state index is 0.0286. The lowest BCUT2D eigenvalue weighted by molar-refractivity contribution is 0.753. The van der Waals surface area contributed by atoms with Gasteiger partial charge in [-0.15, -0.1) is 0 Å². The topological polar surface area (TPSA) is 29.3 Å². The van der Waals surface area contributed by atoms with Crippen LogP contribution in [0.2, 0.25) is 5.02 Å². The second-order valence-corrected chi connectivity index (χ2v) is 4.61. The Morgan fingerprint density at radius 2 is 1.87 bits per heavy atom. The molecule has 0 aliphatic carbocycles. The van der Waals surface area contributed by atoms with Gasteiger partial charge in [-0.2, -0.15) is 0 Å². The third-order valence-corrected chi connectivity index (χ3v) is 2.95. The highest BCUT2D eigenvalue weighted by Gasteiger charge is 2.10. The van der Waals surface area contributed by atoms with Gasteiger partial charge in [-0.25, -0.2) is 0 Å². The minimum Gasteiger partial charge on any atom is -0.371 e. The zero-order valence-electron chi connectivity index (χ0n) is 9.79. The van der Waals surface area contributed by atoms with Gasteiger partial charge in [0.25, 0.3) is 0 Å². The summed E-state index contributed by atoms with van der Waals surface area (Å²) in [6.45, 7) is 6.23. The Labute approximate surface area is 97.0 Å². The van der Waals surface area contributed by atoms with Gasteiger partial charge in [-0.3, -0.25) is 0 Å². The van der Waals surface area contributed by atoms with Crippen molar-refractivity contribution < 1.29 is 0 Å². The summed E-state index contributed by atoms with van der Waals surface area (Å²) in [5, 5.41) is 0.765. The summed E-state index contributed by atoms with van der Waals surface area (Å²) in [6, 6.07) is 6.47. The maximum atomic E-state index is 6.22. The maximum absolute atomic E-state index is 6.22. The smallest absolute Gasteiger partial charge is 0.0642 e. The van der Waals surface area contributed by atoms with Gasteiger partial charge >= 0.3 is 0 Å². The standard InChI is InChI=1S/C12H19ClN2/c1-8(2)15(4)12-6-5-10(9(3)14)7-11(12)13/h5-9H,14H2,1-4H3/t9-/m0/s1. The first-order valence-corrected chi connectivity index (χ1v) is 5.59. The molecular formula is C12H19ClN2. The molecule has 0 saturated carbocycles. The van der Waals surface area contributed by atoms with Crippen LogP contribution in [0.5, 0.6) is 0 Å². The SMILES string of the molecule is CC(C)N(C)c1ccc([C@H](C)N)cc1Cl. The molecule has 0 spiro atoms. The van der Waals surface area contributed by atoms with Crippen LogP contribution in [0.3, 0.4) is 0 Å². The van der Waals surface area contributed by atoms with Gasteiger partial charge < -0.3 is 10.6 Å². The number of hydrogen-bond donors (Lipinski definition) is 1. The molecule has 0 radical (unpaired) electrons. The molecule has 0 bridgehead atoms. The van der Waals surface area contributed by atoms with Crippen LogP contribution in [0, 0.1) is 0 Å². The van der Waals surface area contributed by atoms with Crippen LogP contribution in [-0.4, -0.2) is 13.1 Å². The molecule has 84 valence electrons. The highest BCUT2D eigenvalue weighted by molar-refractivity contribution is 6.33. The van der Waals surface area contributed by atoms with E-state index in [4.69, 9.17) is 17.3 Å². The van der Waals surface area contributed by atoms with Crippen molar-refractivity contribution in [3.63, 3.8) is 0 Å². The summed E-state index contributed by atoms with van der Waals surface area (Å²) >= 11 is 6.22. The van der Waals surface area contributed by atoms with Crippen LogP contribution >= 0.6 is 11.6 Å². The summed E-state index contributed by atoms with van der Waals surface area (Å²) in [6.07, 6.45) is 0. The molecule has 0 fully saturated rings. The second kappa shape index (κ2) is 4.86. The molecule has 0 aliphatic rings. The molecular weight excluding hydrogens is 208 g/mol. The highest BCUT2D eigenvalue weighted by atomic mass is 35.5. The zero-order chi connectivity index (χ0) is 11.6. The van der Waals surface area contributed by atoms with E-state index in [-0.39, 0.29) is 6.04 Å². The Morgan fingerprint density at radius 1 is 1.27 bits per heavy atom. The lowest BCUT2D eigenvalue weighted by atomic mass is 10.1. The molecule has 1 atom stereocenters. The summed E-state index contributed by atoms with van der Waals surface area (Å²) in [7, 11) is 2.04. The lowest BCUT2D eigenvalue weighted by Crippen LogP contribution is -2.25. The molecule has 0 aromatic heterocycles. The van der Waals surface area contributed by atoms with Crippen molar-refractivity contribution in [1.29, 1.82) is 0 Å². The summed E-state index contributed by atoms with van der Waals surface area (Å²) in [5.41, 5.74) is 7.92. The fraction of sp³-hybridized carbons (Fsp3) is 0.500. The first-order chi connectivity index (χ1) is 6.93. The number of benzene rings is 1. The number of halogens is 1. The molecule has 3 heteroatoms. The van der Waals surface area contributed by atoms with Crippen molar-refractivity contribution in [2.75, 3.05) is 11.9 Å².